The summed E-state index contributed by atoms with van der Waals surface area (Å²) in [5, 5.41) is 0. The Bertz CT molecular complexity index is 784. The minimum absolute atomic E-state index is 0.0103. The Labute approximate surface area is 222 Å². The van der Waals surface area contributed by atoms with Crippen LogP contribution >= 0.6 is 0 Å². The molecule has 4 rings (SSSR count). The summed E-state index contributed by atoms with van der Waals surface area (Å²) in [7, 11) is 0. The van der Waals surface area contributed by atoms with Crippen molar-refractivity contribution < 1.29 is 14.3 Å². The van der Waals surface area contributed by atoms with E-state index in [0.717, 1.165) is 61.2 Å². The van der Waals surface area contributed by atoms with Gasteiger partial charge in [0, 0.05) is 6.42 Å². The summed E-state index contributed by atoms with van der Waals surface area (Å²) < 4.78 is 11.1. The van der Waals surface area contributed by atoms with Crippen molar-refractivity contribution in [3.63, 3.8) is 0 Å². The van der Waals surface area contributed by atoms with Gasteiger partial charge in [0.05, 0.1) is 6.61 Å². The van der Waals surface area contributed by atoms with E-state index in [4.69, 9.17) is 9.47 Å². The molecule has 3 nitrogen and oxygen atoms in total. The third-order valence-corrected chi connectivity index (χ3v) is 11.4. The molecule has 0 aromatic rings. The van der Waals surface area contributed by atoms with Crippen LogP contribution in [0.4, 0.5) is 4.79 Å². The van der Waals surface area contributed by atoms with Gasteiger partial charge in [0.25, 0.3) is 0 Å². The van der Waals surface area contributed by atoms with E-state index in [9.17, 15) is 4.79 Å². The van der Waals surface area contributed by atoms with E-state index in [1.54, 1.807) is 5.57 Å². The van der Waals surface area contributed by atoms with Gasteiger partial charge in [0.1, 0.15) is 6.10 Å². The molecule has 0 bridgehead atoms. The molecule has 0 aliphatic heterocycles. The van der Waals surface area contributed by atoms with E-state index in [1.165, 1.54) is 51.4 Å². The summed E-state index contributed by atoms with van der Waals surface area (Å²) in [5.74, 6) is 5.71. The molecule has 0 aromatic heterocycles. The highest BCUT2D eigenvalue weighted by Crippen LogP contribution is 2.67. The van der Waals surface area contributed by atoms with Crippen molar-refractivity contribution in [2.24, 2.45) is 52.3 Å². The maximum atomic E-state index is 12.2. The summed E-state index contributed by atoms with van der Waals surface area (Å²) >= 11 is 0. The minimum atomic E-state index is -0.466. The number of hydrogen-bond donors (Lipinski definition) is 0. The quantitative estimate of drug-likeness (QED) is 0.233. The summed E-state index contributed by atoms with van der Waals surface area (Å²) in [6.45, 7) is 17.3. The Morgan fingerprint density at radius 2 is 1.69 bits per heavy atom. The highest BCUT2D eigenvalue weighted by molar-refractivity contribution is 5.60. The standard InChI is InChI=1S/C33H56O3/c1-22(2)9-8-10-24(5)28-13-14-29-27-12-11-25-21-26(36-31(34)35-20-17-23(3)4)15-18-32(25,6)30(27)16-19-33(28,29)7/h11,22-24,26-30H,8-10,12-21H2,1-7H3/t24-,26-,27-,28+,29-,30-,32-,33+/m0/s1. The van der Waals surface area contributed by atoms with Crippen LogP contribution in [0.15, 0.2) is 11.6 Å². The fourth-order valence-corrected chi connectivity index (χ4v) is 9.30. The van der Waals surface area contributed by atoms with Gasteiger partial charge in [-0.05, 0) is 104 Å². The lowest BCUT2D eigenvalue weighted by Crippen LogP contribution is -2.51. The smallest absolute Gasteiger partial charge is 0.434 e. The van der Waals surface area contributed by atoms with Gasteiger partial charge in [-0.25, -0.2) is 4.79 Å². The van der Waals surface area contributed by atoms with Crippen molar-refractivity contribution in [1.82, 2.24) is 0 Å². The van der Waals surface area contributed by atoms with Crippen LogP contribution in [0.1, 0.15) is 126 Å². The average molecular weight is 501 g/mol. The second-order valence-electron chi connectivity index (χ2n) is 14.6. The second-order valence-corrected chi connectivity index (χ2v) is 14.6. The highest BCUT2D eigenvalue weighted by Gasteiger charge is 2.59. The van der Waals surface area contributed by atoms with Crippen LogP contribution in [-0.2, 0) is 9.47 Å². The highest BCUT2D eigenvalue weighted by atomic mass is 16.7. The molecule has 4 aliphatic rings. The zero-order chi connectivity index (χ0) is 26.1. The van der Waals surface area contributed by atoms with Crippen molar-refractivity contribution >= 4 is 6.16 Å². The van der Waals surface area contributed by atoms with E-state index < -0.39 is 6.16 Å². The van der Waals surface area contributed by atoms with Crippen LogP contribution in [-0.4, -0.2) is 18.9 Å². The summed E-state index contributed by atoms with van der Waals surface area (Å²) in [4.78, 5) is 12.2. The predicted octanol–water partition coefficient (Wildman–Crippen LogP) is 9.60. The topological polar surface area (TPSA) is 35.5 Å². The van der Waals surface area contributed by atoms with Crippen LogP contribution in [0.3, 0.4) is 0 Å². The van der Waals surface area contributed by atoms with Crippen LogP contribution in [0.5, 0.6) is 0 Å². The van der Waals surface area contributed by atoms with Gasteiger partial charge in [0.2, 0.25) is 0 Å². The number of allylic oxidation sites excluding steroid dienone is 1. The molecule has 3 heteroatoms. The number of rotatable bonds is 9. The van der Waals surface area contributed by atoms with Crippen molar-refractivity contribution in [2.75, 3.05) is 6.61 Å². The molecule has 3 saturated carbocycles. The molecule has 0 saturated heterocycles. The molecule has 206 valence electrons. The normalized spacial score (nSPS) is 38.7. The fraction of sp³-hybridized carbons (Fsp3) is 0.909. The second kappa shape index (κ2) is 11.4. The molecule has 0 radical (unpaired) electrons. The van der Waals surface area contributed by atoms with E-state index >= 15 is 0 Å². The molecule has 0 aromatic carbocycles. The summed E-state index contributed by atoms with van der Waals surface area (Å²) in [6.07, 6.45) is 17.2. The Balaban J connectivity index is 1.37. The molecule has 0 spiro atoms. The Kier molecular flexibility index (Phi) is 8.88. The SMILES string of the molecule is CC(C)CCC[C@H](C)[C@H]1CC[C@H]2[C@@H]3CC=C4C[C@@H](OC(=O)OCCC(C)C)CC[C@]4(C)[C@H]3CC[C@]12C. The van der Waals surface area contributed by atoms with Crippen LogP contribution in [0, 0.1) is 52.3 Å². The monoisotopic (exact) mass is 500 g/mol. The molecule has 0 N–H and O–H groups in total. The number of fused-ring (bicyclic) bond motifs is 5. The molecular weight excluding hydrogens is 444 g/mol. The first kappa shape index (κ1) is 28.0. The van der Waals surface area contributed by atoms with Gasteiger partial charge in [-0.2, -0.15) is 0 Å². The molecule has 4 aliphatic carbocycles. The number of ether oxygens (including phenoxy) is 2. The third kappa shape index (κ3) is 5.70. The average Bonchev–Trinajstić information content (AvgIpc) is 3.16. The maximum absolute atomic E-state index is 12.2. The Morgan fingerprint density at radius 1 is 0.944 bits per heavy atom. The van der Waals surface area contributed by atoms with Crippen LogP contribution < -0.4 is 0 Å². The van der Waals surface area contributed by atoms with Crippen molar-refractivity contribution in [3.05, 3.63) is 11.6 Å². The molecule has 0 heterocycles. The summed E-state index contributed by atoms with van der Waals surface area (Å²) in [5.41, 5.74) is 2.42. The van der Waals surface area contributed by atoms with Gasteiger partial charge in [-0.15, -0.1) is 0 Å². The lowest BCUT2D eigenvalue weighted by molar-refractivity contribution is -0.0618. The molecule has 0 amide bonds. The van der Waals surface area contributed by atoms with E-state index in [-0.39, 0.29) is 6.10 Å². The zero-order valence-electron chi connectivity index (χ0n) is 24.6. The van der Waals surface area contributed by atoms with Gasteiger partial charge < -0.3 is 9.47 Å². The van der Waals surface area contributed by atoms with Gasteiger partial charge in [-0.3, -0.25) is 0 Å². The van der Waals surface area contributed by atoms with Crippen LogP contribution in [0.25, 0.3) is 0 Å². The van der Waals surface area contributed by atoms with E-state index in [1.807, 2.05) is 0 Å². The molecular formula is C33H56O3. The van der Waals surface area contributed by atoms with Gasteiger partial charge in [-0.1, -0.05) is 79.4 Å². The van der Waals surface area contributed by atoms with E-state index in [0.29, 0.717) is 23.4 Å². The van der Waals surface area contributed by atoms with Crippen molar-refractivity contribution in [2.45, 2.75) is 132 Å². The Morgan fingerprint density at radius 3 is 2.42 bits per heavy atom. The number of carbonyl (C=O) groups excluding carboxylic acids is 1. The Hall–Kier alpha value is -0.990. The van der Waals surface area contributed by atoms with Crippen molar-refractivity contribution in [1.29, 1.82) is 0 Å². The van der Waals surface area contributed by atoms with Gasteiger partial charge >= 0.3 is 6.16 Å². The lowest BCUT2D eigenvalue weighted by atomic mass is 9.47. The van der Waals surface area contributed by atoms with Gasteiger partial charge in [0.15, 0.2) is 0 Å². The largest absolute Gasteiger partial charge is 0.508 e. The number of hydrogen-bond acceptors (Lipinski definition) is 3. The molecule has 3 fully saturated rings. The molecule has 0 unspecified atom stereocenters. The van der Waals surface area contributed by atoms with Crippen LogP contribution in [0.2, 0.25) is 0 Å². The third-order valence-electron chi connectivity index (χ3n) is 11.4. The van der Waals surface area contributed by atoms with Crippen molar-refractivity contribution in [3.8, 4) is 0 Å². The first-order chi connectivity index (χ1) is 17.0. The fourth-order valence-electron chi connectivity index (χ4n) is 9.30. The van der Waals surface area contributed by atoms with E-state index in [2.05, 4.69) is 54.5 Å². The summed E-state index contributed by atoms with van der Waals surface area (Å²) in [6, 6.07) is 0. The zero-order valence-corrected chi connectivity index (χ0v) is 24.6. The molecule has 8 atom stereocenters. The maximum Gasteiger partial charge on any atom is 0.508 e. The predicted molar refractivity (Wildman–Crippen MR) is 149 cm³/mol. The minimum Gasteiger partial charge on any atom is -0.434 e. The molecule has 36 heavy (non-hydrogen) atoms. The first-order valence-electron chi connectivity index (χ1n) is 15.6. The number of carbonyl (C=O) groups is 1. The first-order valence-corrected chi connectivity index (χ1v) is 15.6. The lowest BCUT2D eigenvalue weighted by Gasteiger charge is -2.58.